The molecule has 1 N–H and O–H groups in total. The Labute approximate surface area is 178 Å². The van der Waals surface area contributed by atoms with E-state index in [1.165, 1.54) is 5.56 Å². The Balaban J connectivity index is 1.64. The first-order valence-electron chi connectivity index (χ1n) is 10.5. The Hall–Kier alpha value is -2.75. The van der Waals surface area contributed by atoms with Gasteiger partial charge in [-0.25, -0.2) is 0 Å². The molecule has 1 aromatic carbocycles. The van der Waals surface area contributed by atoms with Gasteiger partial charge in [-0.1, -0.05) is 31.0 Å². The third-order valence-electron chi connectivity index (χ3n) is 5.07. The van der Waals surface area contributed by atoms with Crippen molar-refractivity contribution in [2.24, 2.45) is 0 Å². The number of aliphatic hydroxyl groups excluding tert-OH is 1. The number of fused-ring (bicyclic) bond motifs is 1. The number of para-hydroxylation sites is 1. The van der Waals surface area contributed by atoms with Gasteiger partial charge in [0.15, 0.2) is 0 Å². The van der Waals surface area contributed by atoms with Crippen LogP contribution in [0.3, 0.4) is 0 Å². The molecule has 30 heavy (non-hydrogen) atoms. The van der Waals surface area contributed by atoms with E-state index in [0.29, 0.717) is 39.2 Å². The van der Waals surface area contributed by atoms with Crippen LogP contribution < -0.4 is 4.90 Å². The van der Waals surface area contributed by atoms with E-state index in [-0.39, 0.29) is 12.5 Å². The van der Waals surface area contributed by atoms with Gasteiger partial charge in [-0.3, -0.25) is 4.79 Å². The number of β-amino-alcohol motifs (C(OH)–C–C–N with tert-alkyl or cyclic N) is 1. The SMILES string of the molecule is CCC#CCN1CCc2ccccc2N(CC(O)COCc2ccco2)CCC1=O. The second-order valence-corrected chi connectivity index (χ2v) is 7.35. The van der Waals surface area contributed by atoms with Crippen LogP contribution in [-0.2, 0) is 22.6 Å². The topological polar surface area (TPSA) is 66.2 Å². The number of amides is 1. The van der Waals surface area contributed by atoms with E-state index in [4.69, 9.17) is 9.15 Å². The van der Waals surface area contributed by atoms with Gasteiger partial charge < -0.3 is 24.1 Å². The summed E-state index contributed by atoms with van der Waals surface area (Å²) in [5.41, 5.74) is 2.24. The number of benzene rings is 1. The van der Waals surface area contributed by atoms with Gasteiger partial charge in [0.05, 0.1) is 25.5 Å². The number of nitrogens with zero attached hydrogens (tertiary/aromatic N) is 2. The normalized spacial score (nSPS) is 15.5. The van der Waals surface area contributed by atoms with E-state index in [0.717, 1.165) is 24.3 Å². The van der Waals surface area contributed by atoms with E-state index in [2.05, 4.69) is 28.9 Å². The summed E-state index contributed by atoms with van der Waals surface area (Å²) < 4.78 is 10.8. The lowest BCUT2D eigenvalue weighted by atomic mass is 10.1. The zero-order chi connectivity index (χ0) is 21.2. The first-order valence-corrected chi connectivity index (χ1v) is 10.5. The molecule has 0 fully saturated rings. The first-order chi connectivity index (χ1) is 14.7. The highest BCUT2D eigenvalue weighted by Gasteiger charge is 2.22. The average molecular weight is 411 g/mol. The fraction of sp³-hybridized carbons (Fsp3) is 0.458. The number of carbonyl (C=O) groups excluding carboxylic acids is 1. The molecule has 1 aromatic heterocycles. The van der Waals surface area contributed by atoms with Crippen LogP contribution in [0.5, 0.6) is 0 Å². The van der Waals surface area contributed by atoms with Crippen LogP contribution in [0.2, 0.25) is 0 Å². The first kappa shape index (κ1) is 21.9. The van der Waals surface area contributed by atoms with Gasteiger partial charge >= 0.3 is 0 Å². The number of anilines is 1. The third-order valence-corrected chi connectivity index (χ3v) is 5.07. The molecule has 0 bridgehead atoms. The number of ether oxygens (including phenoxy) is 1. The minimum Gasteiger partial charge on any atom is -0.467 e. The highest BCUT2D eigenvalue weighted by Crippen LogP contribution is 2.23. The molecule has 2 aromatic rings. The Morgan fingerprint density at radius 1 is 1.13 bits per heavy atom. The number of hydrogen-bond donors (Lipinski definition) is 1. The van der Waals surface area contributed by atoms with Crippen molar-refractivity contribution in [2.75, 3.05) is 37.7 Å². The fourth-order valence-corrected chi connectivity index (χ4v) is 3.55. The molecule has 1 atom stereocenters. The van der Waals surface area contributed by atoms with Crippen molar-refractivity contribution >= 4 is 11.6 Å². The molecule has 6 heteroatoms. The van der Waals surface area contributed by atoms with Gasteiger partial charge in [-0.05, 0) is 30.2 Å². The maximum absolute atomic E-state index is 12.7. The summed E-state index contributed by atoms with van der Waals surface area (Å²) in [7, 11) is 0. The molecule has 2 heterocycles. The van der Waals surface area contributed by atoms with Gasteiger partial charge in [0, 0.05) is 38.2 Å². The smallest absolute Gasteiger partial charge is 0.225 e. The van der Waals surface area contributed by atoms with Crippen LogP contribution in [0, 0.1) is 11.8 Å². The molecule has 0 spiro atoms. The Kier molecular flexibility index (Phi) is 8.37. The van der Waals surface area contributed by atoms with Crippen LogP contribution >= 0.6 is 0 Å². The molecular weight excluding hydrogens is 380 g/mol. The molecule has 0 radical (unpaired) electrons. The van der Waals surface area contributed by atoms with Gasteiger partial charge in [0.1, 0.15) is 12.4 Å². The number of rotatable bonds is 7. The predicted molar refractivity (Wildman–Crippen MR) is 116 cm³/mol. The molecule has 160 valence electrons. The molecule has 6 nitrogen and oxygen atoms in total. The maximum atomic E-state index is 12.7. The second kappa shape index (κ2) is 11.4. The standard InChI is InChI=1S/C24H30N2O4/c1-2-3-6-13-25-14-11-20-8-4-5-10-23(20)26(15-12-24(25)28)17-21(27)18-29-19-22-9-7-16-30-22/h4-5,7-10,16,21,27H,2,11-15,17-19H2,1H3. The lowest BCUT2D eigenvalue weighted by molar-refractivity contribution is -0.130. The third kappa shape index (κ3) is 6.38. The van der Waals surface area contributed by atoms with Crippen molar-refractivity contribution in [1.29, 1.82) is 0 Å². The molecule has 1 aliphatic heterocycles. The molecule has 0 saturated carbocycles. The molecule has 1 amide bonds. The van der Waals surface area contributed by atoms with Crippen LogP contribution in [0.25, 0.3) is 0 Å². The number of carbonyl (C=O) groups is 1. The fourth-order valence-electron chi connectivity index (χ4n) is 3.55. The number of aliphatic hydroxyl groups is 1. The summed E-state index contributed by atoms with van der Waals surface area (Å²) in [5, 5.41) is 10.5. The van der Waals surface area contributed by atoms with E-state index < -0.39 is 6.10 Å². The Morgan fingerprint density at radius 2 is 1.97 bits per heavy atom. The van der Waals surface area contributed by atoms with Crippen LogP contribution in [0.4, 0.5) is 5.69 Å². The van der Waals surface area contributed by atoms with Crippen molar-refractivity contribution < 1.29 is 19.1 Å². The van der Waals surface area contributed by atoms with E-state index in [1.54, 1.807) is 6.26 Å². The van der Waals surface area contributed by atoms with Crippen LogP contribution in [0.1, 0.15) is 31.1 Å². The lowest BCUT2D eigenvalue weighted by Crippen LogP contribution is -2.38. The van der Waals surface area contributed by atoms with Crippen molar-refractivity contribution in [3.8, 4) is 11.8 Å². The zero-order valence-electron chi connectivity index (χ0n) is 17.5. The van der Waals surface area contributed by atoms with Gasteiger partial charge in [0.2, 0.25) is 5.91 Å². The highest BCUT2D eigenvalue weighted by molar-refractivity contribution is 5.77. The monoisotopic (exact) mass is 410 g/mol. The molecular formula is C24H30N2O4. The van der Waals surface area contributed by atoms with Crippen molar-refractivity contribution in [1.82, 2.24) is 4.90 Å². The average Bonchev–Trinajstić information content (AvgIpc) is 3.28. The Bertz CT molecular complexity index is 854. The quantitative estimate of drug-likeness (QED) is 0.711. The van der Waals surface area contributed by atoms with Crippen LogP contribution in [0.15, 0.2) is 47.1 Å². The largest absolute Gasteiger partial charge is 0.467 e. The summed E-state index contributed by atoms with van der Waals surface area (Å²) in [6.07, 6.45) is 2.87. The summed E-state index contributed by atoms with van der Waals surface area (Å²) >= 11 is 0. The summed E-state index contributed by atoms with van der Waals surface area (Å²) in [5.74, 6) is 6.95. The van der Waals surface area contributed by atoms with Crippen LogP contribution in [-0.4, -0.2) is 54.8 Å². The van der Waals surface area contributed by atoms with Crippen molar-refractivity contribution in [3.63, 3.8) is 0 Å². The van der Waals surface area contributed by atoms with Gasteiger partial charge in [-0.15, -0.1) is 5.92 Å². The van der Waals surface area contributed by atoms with E-state index in [9.17, 15) is 9.90 Å². The molecule has 1 unspecified atom stereocenters. The summed E-state index contributed by atoms with van der Waals surface area (Å²) in [6, 6.07) is 11.8. The second-order valence-electron chi connectivity index (χ2n) is 7.35. The molecule has 0 aliphatic carbocycles. The Morgan fingerprint density at radius 3 is 2.77 bits per heavy atom. The summed E-state index contributed by atoms with van der Waals surface area (Å²) in [4.78, 5) is 16.7. The minimum atomic E-state index is -0.671. The van der Waals surface area contributed by atoms with E-state index >= 15 is 0 Å². The lowest BCUT2D eigenvalue weighted by Gasteiger charge is -2.28. The van der Waals surface area contributed by atoms with Gasteiger partial charge in [-0.2, -0.15) is 0 Å². The highest BCUT2D eigenvalue weighted by atomic mass is 16.5. The molecule has 0 saturated heterocycles. The number of hydrogen-bond acceptors (Lipinski definition) is 5. The zero-order valence-corrected chi connectivity index (χ0v) is 17.5. The van der Waals surface area contributed by atoms with Crippen molar-refractivity contribution in [3.05, 3.63) is 54.0 Å². The molecule has 3 rings (SSSR count). The van der Waals surface area contributed by atoms with Gasteiger partial charge in [0.25, 0.3) is 0 Å². The number of furan rings is 1. The van der Waals surface area contributed by atoms with E-state index in [1.807, 2.05) is 36.1 Å². The maximum Gasteiger partial charge on any atom is 0.225 e. The van der Waals surface area contributed by atoms with Crippen molar-refractivity contribution in [2.45, 2.75) is 38.9 Å². The predicted octanol–water partition coefficient (Wildman–Crippen LogP) is 2.85. The summed E-state index contributed by atoms with van der Waals surface area (Å²) in [6.45, 7) is 4.60. The molecule has 1 aliphatic rings. The minimum absolute atomic E-state index is 0.0989.